The van der Waals surface area contributed by atoms with E-state index >= 15 is 0 Å². The van der Waals surface area contributed by atoms with Crippen molar-refractivity contribution in [3.05, 3.63) is 12.2 Å². The lowest BCUT2D eigenvalue weighted by Crippen LogP contribution is -2.70. The molecule has 0 aromatic heterocycles. The third-order valence-electron chi connectivity index (χ3n) is 17.7. The number of hydrogen-bond acceptors (Lipinski definition) is 20. The second-order valence-corrected chi connectivity index (χ2v) is 25.4. The molecule has 3 heterocycles. The highest BCUT2D eigenvalue weighted by Gasteiger charge is 2.60. The summed E-state index contributed by atoms with van der Waals surface area (Å²) in [5, 5.41) is 136. The number of ether oxygens (including phenoxy) is 6. The Balaban J connectivity index is 1.57. The number of rotatable bonds is 52. The van der Waals surface area contributed by atoms with Gasteiger partial charge in [0, 0.05) is 19.8 Å². The minimum Gasteiger partial charge on any atom is -0.477 e. The van der Waals surface area contributed by atoms with Gasteiger partial charge in [-0.2, -0.15) is 0 Å². The molecule has 3 rings (SSSR count). The molecule has 3 aliphatic heterocycles. The molecule has 0 aromatic carbocycles. The molecule has 14 N–H and O–H groups in total. The van der Waals surface area contributed by atoms with E-state index in [-0.39, 0.29) is 12.3 Å². The number of allylic oxidation sites excluding steroid dienone is 1. The van der Waals surface area contributed by atoms with Crippen molar-refractivity contribution >= 4 is 17.8 Å². The molecule has 522 valence electrons. The van der Waals surface area contributed by atoms with Crippen LogP contribution in [0.3, 0.4) is 0 Å². The minimum absolute atomic E-state index is 0.204. The van der Waals surface area contributed by atoms with Crippen molar-refractivity contribution < 1.29 is 104 Å². The molecule has 89 heavy (non-hydrogen) atoms. The molecule has 0 radical (unpaired) electrons. The van der Waals surface area contributed by atoms with Gasteiger partial charge in [-0.15, -0.1) is 0 Å². The average molecular weight is 1280 g/mol. The third kappa shape index (κ3) is 30.2. The summed E-state index contributed by atoms with van der Waals surface area (Å²) in [7, 11) is 0. The lowest BCUT2D eigenvalue weighted by atomic mass is 9.88. The Morgan fingerprint density at radius 3 is 1.49 bits per heavy atom. The number of aliphatic hydroxyl groups excluding tert-OH is 11. The van der Waals surface area contributed by atoms with Gasteiger partial charge in [0.1, 0.15) is 67.1 Å². The number of carboxylic acid groups (broad SMARTS) is 1. The molecule has 0 saturated carbocycles. The predicted molar refractivity (Wildman–Crippen MR) is 334 cm³/mol. The van der Waals surface area contributed by atoms with Crippen LogP contribution in [0.2, 0.25) is 0 Å². The highest BCUT2D eigenvalue weighted by atomic mass is 16.8. The number of unbranched alkanes of at least 4 members (excludes halogenated alkanes) is 32. The Hall–Kier alpha value is -2.53. The molecule has 23 heteroatoms. The zero-order valence-corrected chi connectivity index (χ0v) is 54.3. The summed E-state index contributed by atoms with van der Waals surface area (Å²) in [6.45, 7) is 2.13. The Morgan fingerprint density at radius 2 is 1.04 bits per heavy atom. The van der Waals surface area contributed by atoms with Crippen LogP contribution in [0.25, 0.3) is 0 Å². The third-order valence-corrected chi connectivity index (χ3v) is 17.7. The molecule has 0 spiro atoms. The quantitative estimate of drug-likeness (QED) is 0.0249. The van der Waals surface area contributed by atoms with Crippen LogP contribution in [0.15, 0.2) is 12.2 Å². The number of carbonyl (C=O) groups is 3. The highest BCUT2D eigenvalue weighted by Crippen LogP contribution is 2.39. The van der Waals surface area contributed by atoms with Crippen LogP contribution in [0.4, 0.5) is 0 Å². The van der Waals surface area contributed by atoms with Gasteiger partial charge in [0.2, 0.25) is 11.8 Å². The van der Waals surface area contributed by atoms with Gasteiger partial charge in [-0.3, -0.25) is 9.59 Å². The summed E-state index contributed by atoms with van der Waals surface area (Å²) in [5.41, 5.74) is 0. The Labute approximate surface area is 531 Å². The summed E-state index contributed by atoms with van der Waals surface area (Å²) in [6, 6.07) is -2.61. The average Bonchev–Trinajstić information content (AvgIpc) is 0.820. The number of carboxylic acids is 1. The topological polar surface area (TPSA) is 373 Å². The molecule has 18 unspecified atom stereocenters. The molecule has 3 aliphatic rings. The Kier molecular flexibility index (Phi) is 43.0. The van der Waals surface area contributed by atoms with E-state index in [9.17, 15) is 75.7 Å². The summed E-state index contributed by atoms with van der Waals surface area (Å²) >= 11 is 0. The summed E-state index contributed by atoms with van der Waals surface area (Å²) < 4.78 is 34.7. The maximum Gasteiger partial charge on any atom is 0.364 e. The van der Waals surface area contributed by atoms with Crippen LogP contribution in [-0.2, 0) is 42.8 Å². The summed E-state index contributed by atoms with van der Waals surface area (Å²) in [5.74, 6) is -6.14. The van der Waals surface area contributed by atoms with Gasteiger partial charge in [-0.25, -0.2) is 4.79 Å². The van der Waals surface area contributed by atoms with Gasteiger partial charge in [-0.1, -0.05) is 225 Å². The van der Waals surface area contributed by atoms with E-state index in [0.717, 1.165) is 51.9 Å². The van der Waals surface area contributed by atoms with Crippen molar-refractivity contribution in [1.29, 1.82) is 0 Å². The zero-order valence-electron chi connectivity index (χ0n) is 54.3. The largest absolute Gasteiger partial charge is 0.477 e. The summed E-state index contributed by atoms with van der Waals surface area (Å²) in [6.07, 6.45) is 15.6. The van der Waals surface area contributed by atoms with Gasteiger partial charge >= 0.3 is 5.97 Å². The van der Waals surface area contributed by atoms with Crippen LogP contribution in [-0.4, -0.2) is 215 Å². The van der Waals surface area contributed by atoms with Crippen molar-refractivity contribution in [2.75, 3.05) is 26.4 Å². The van der Waals surface area contributed by atoms with Gasteiger partial charge in [0.05, 0.1) is 50.7 Å². The second-order valence-electron chi connectivity index (χ2n) is 25.4. The smallest absolute Gasteiger partial charge is 0.364 e. The Morgan fingerprint density at radius 1 is 0.584 bits per heavy atom. The number of hydrogen-bond donors (Lipinski definition) is 14. The second kappa shape index (κ2) is 47.4. The zero-order chi connectivity index (χ0) is 65.4. The molecule has 3 saturated heterocycles. The van der Waals surface area contributed by atoms with E-state index in [1.807, 2.05) is 6.08 Å². The van der Waals surface area contributed by atoms with Crippen LogP contribution in [0, 0.1) is 0 Å². The molecule has 0 aromatic rings. The molecular formula is C66H122N2O21. The minimum atomic E-state index is -3.08. The van der Waals surface area contributed by atoms with Gasteiger partial charge in [0.15, 0.2) is 12.6 Å². The maximum atomic E-state index is 13.4. The van der Waals surface area contributed by atoms with Gasteiger partial charge in [-0.05, 0) is 19.3 Å². The lowest BCUT2D eigenvalue weighted by Gasteiger charge is -2.50. The van der Waals surface area contributed by atoms with E-state index in [2.05, 4.69) is 24.5 Å². The molecule has 2 amide bonds. The number of nitrogens with one attached hydrogen (secondary N) is 2. The van der Waals surface area contributed by atoms with Crippen molar-refractivity contribution in [1.82, 2.24) is 10.6 Å². The number of aliphatic carboxylic acids is 1. The molecular weight excluding hydrogens is 1160 g/mol. The normalized spacial score (nSPS) is 28.8. The van der Waals surface area contributed by atoms with Crippen molar-refractivity contribution in [2.45, 2.75) is 362 Å². The molecule has 0 bridgehead atoms. The van der Waals surface area contributed by atoms with Crippen LogP contribution in [0.5, 0.6) is 0 Å². The molecule has 0 aliphatic carbocycles. The first-order valence-corrected chi connectivity index (χ1v) is 34.6. The Bertz CT molecular complexity index is 1860. The summed E-state index contributed by atoms with van der Waals surface area (Å²) in [4.78, 5) is 38.4. The van der Waals surface area contributed by atoms with Crippen LogP contribution in [0.1, 0.15) is 252 Å². The number of carbonyl (C=O) groups excluding carboxylic acids is 2. The van der Waals surface area contributed by atoms with Gasteiger partial charge < -0.3 is 100 Å². The monoisotopic (exact) mass is 1280 g/mol. The van der Waals surface area contributed by atoms with E-state index in [1.54, 1.807) is 6.08 Å². The number of aliphatic hydroxyl groups is 11. The van der Waals surface area contributed by atoms with E-state index in [4.69, 9.17) is 28.4 Å². The fraction of sp³-hybridized carbons (Fsp3) is 0.924. The predicted octanol–water partition coefficient (Wildman–Crippen LogP) is 5.90. The molecule has 18 atom stereocenters. The lowest BCUT2D eigenvalue weighted by molar-refractivity contribution is -0.386. The van der Waals surface area contributed by atoms with Crippen molar-refractivity contribution in [3.8, 4) is 0 Å². The number of amides is 2. The fourth-order valence-electron chi connectivity index (χ4n) is 12.2. The SMILES string of the molecule is CCCCCCCCCCCCCCCCCCCCCCCC/C=C/C(O)C(COC1OC(CO)C(OC2OC(CO)C(O)C(OC3(C(=O)O)CC(O)C(NC(C)=O)C(C(O)C(O)CO)O3)C2O)C(O)C1O)NC(=O)CCCCCCCCCCCCC. The first-order chi connectivity index (χ1) is 42.9. The van der Waals surface area contributed by atoms with E-state index in [1.165, 1.54) is 161 Å². The standard InChI is InChI=1S/C66H122N2O21/c1-4-6-8-10-12-14-16-17-18-19-20-21-22-23-24-25-26-27-28-30-31-33-35-37-39-48(73)47(68-53(76)40-38-36-34-32-29-15-13-11-9-7-5-2)45-84-63-58(80)57(79)60(52(44-71)86-63)87-64-59(81)62(56(78)51(43-70)85-64)89-66(65(82)83)41-49(74)54(67-46(3)72)61(88-66)55(77)50(75)42-69/h37,39,47-52,54-64,69-71,73-75,77-81H,4-36,38,40-45H2,1-3H3,(H,67,72)(H,68,76)(H,82,83)/b39-37+. The fourth-order valence-corrected chi connectivity index (χ4v) is 12.2. The van der Waals surface area contributed by atoms with Gasteiger partial charge in [0.25, 0.3) is 5.79 Å². The maximum absolute atomic E-state index is 13.4. The first kappa shape index (κ1) is 80.7. The van der Waals surface area contributed by atoms with E-state index < -0.39 is 155 Å². The van der Waals surface area contributed by atoms with Crippen LogP contribution < -0.4 is 10.6 Å². The molecule has 3 fully saturated rings. The first-order valence-electron chi connectivity index (χ1n) is 34.6. The van der Waals surface area contributed by atoms with E-state index in [0.29, 0.717) is 12.8 Å². The highest BCUT2D eigenvalue weighted by molar-refractivity contribution is 5.77. The molecule has 23 nitrogen and oxygen atoms in total. The van der Waals surface area contributed by atoms with Crippen LogP contribution >= 0.6 is 0 Å². The van der Waals surface area contributed by atoms with Crippen molar-refractivity contribution in [3.63, 3.8) is 0 Å². The van der Waals surface area contributed by atoms with Crippen molar-refractivity contribution in [2.24, 2.45) is 0 Å².